The number of para-hydroxylation sites is 1. The Hall–Kier alpha value is -1.28. The van der Waals surface area contributed by atoms with Crippen molar-refractivity contribution >= 4 is 47.0 Å². The van der Waals surface area contributed by atoms with Crippen molar-refractivity contribution in [2.24, 2.45) is 0 Å². The van der Waals surface area contributed by atoms with E-state index in [9.17, 15) is 16.8 Å². The second-order valence-corrected chi connectivity index (χ2v) is 8.65. The minimum atomic E-state index is -3.89. The molecule has 9 heteroatoms. The number of halogens is 2. The van der Waals surface area contributed by atoms with Gasteiger partial charge in [0.2, 0.25) is 0 Å². The maximum absolute atomic E-state index is 12.2. The molecule has 2 aromatic rings. The fourth-order valence-corrected chi connectivity index (χ4v) is 3.62. The third kappa shape index (κ3) is 3.88. The molecule has 0 amide bonds. The minimum absolute atomic E-state index is 0.105. The molecule has 0 aliphatic carbocycles. The molecule has 0 aromatic heterocycles. The van der Waals surface area contributed by atoms with Crippen LogP contribution in [0.1, 0.15) is 0 Å². The molecule has 0 fully saturated rings. The predicted octanol–water partition coefficient (Wildman–Crippen LogP) is 3.07. The lowest BCUT2D eigenvalue weighted by molar-refractivity contribution is 0.600. The lowest BCUT2D eigenvalue weighted by Crippen LogP contribution is -2.13. The number of rotatable bonds is 4. The number of sulfonamides is 1. The molecule has 0 aliphatic heterocycles. The largest absolute Gasteiger partial charge is 0.278 e. The van der Waals surface area contributed by atoms with Crippen LogP contribution in [-0.2, 0) is 19.1 Å². The second-order valence-electron chi connectivity index (χ2n) is 3.99. The highest BCUT2D eigenvalue weighted by molar-refractivity contribution is 8.13. The summed E-state index contributed by atoms with van der Waals surface area (Å²) in [7, 11) is -2.60. The summed E-state index contributed by atoms with van der Waals surface area (Å²) in [5.41, 5.74) is 0.230. The van der Waals surface area contributed by atoms with Gasteiger partial charge in [0.15, 0.2) is 0 Å². The van der Waals surface area contributed by atoms with Crippen molar-refractivity contribution < 1.29 is 16.8 Å². The van der Waals surface area contributed by atoms with Crippen molar-refractivity contribution in [1.82, 2.24) is 0 Å². The zero-order valence-electron chi connectivity index (χ0n) is 10.3. The van der Waals surface area contributed by atoms with E-state index in [0.29, 0.717) is 0 Å². The Morgan fingerprint density at radius 2 is 1.33 bits per heavy atom. The van der Waals surface area contributed by atoms with E-state index >= 15 is 0 Å². The van der Waals surface area contributed by atoms with Crippen molar-refractivity contribution in [2.75, 3.05) is 4.72 Å². The standard InChI is InChI=1S/C12H9Cl2NO4S2/c13-11-3-1-2-4-12(11)15-21(18,19)10-7-5-9(6-8-10)20(14,16)17/h1-8,15H. The number of anilines is 1. The Kier molecular flexibility index (Phi) is 4.48. The van der Waals surface area contributed by atoms with Crippen molar-refractivity contribution in [2.45, 2.75) is 9.79 Å². The molecule has 2 rings (SSSR count). The number of hydrogen-bond donors (Lipinski definition) is 1. The van der Waals surface area contributed by atoms with Crippen LogP contribution < -0.4 is 4.72 Å². The molecule has 0 spiro atoms. The van der Waals surface area contributed by atoms with Crippen molar-refractivity contribution in [3.05, 3.63) is 53.6 Å². The highest BCUT2D eigenvalue weighted by Crippen LogP contribution is 2.24. The topological polar surface area (TPSA) is 80.3 Å². The van der Waals surface area contributed by atoms with Gasteiger partial charge in [-0.1, -0.05) is 23.7 Å². The van der Waals surface area contributed by atoms with E-state index < -0.39 is 19.1 Å². The van der Waals surface area contributed by atoms with E-state index in [4.69, 9.17) is 22.3 Å². The van der Waals surface area contributed by atoms with Crippen LogP contribution in [-0.4, -0.2) is 16.8 Å². The van der Waals surface area contributed by atoms with Gasteiger partial charge in [0.05, 0.1) is 20.5 Å². The Bertz CT molecular complexity index is 862. The van der Waals surface area contributed by atoms with Gasteiger partial charge in [-0.3, -0.25) is 4.72 Å². The maximum atomic E-state index is 12.2. The molecular weight excluding hydrogens is 357 g/mol. The summed E-state index contributed by atoms with van der Waals surface area (Å²) in [4.78, 5) is -0.285. The first-order chi connectivity index (χ1) is 9.70. The number of nitrogens with one attached hydrogen (secondary N) is 1. The van der Waals surface area contributed by atoms with Crippen LogP contribution in [0.15, 0.2) is 58.3 Å². The Balaban J connectivity index is 2.35. The number of hydrogen-bond acceptors (Lipinski definition) is 4. The average molecular weight is 366 g/mol. The minimum Gasteiger partial charge on any atom is -0.278 e. The third-order valence-electron chi connectivity index (χ3n) is 2.53. The first-order valence-electron chi connectivity index (χ1n) is 5.52. The van der Waals surface area contributed by atoms with E-state index in [-0.39, 0.29) is 20.5 Å². The van der Waals surface area contributed by atoms with Crippen LogP contribution in [0.25, 0.3) is 0 Å². The molecule has 2 aromatic carbocycles. The SMILES string of the molecule is O=S(=O)(Cl)c1ccc(S(=O)(=O)Nc2ccccc2Cl)cc1. The normalized spacial score (nSPS) is 12.1. The molecule has 0 aliphatic rings. The molecule has 0 bridgehead atoms. The molecule has 1 N–H and O–H groups in total. The molecule has 0 saturated carbocycles. The molecule has 112 valence electrons. The van der Waals surface area contributed by atoms with Gasteiger partial charge in [0.25, 0.3) is 19.1 Å². The average Bonchev–Trinajstić information content (AvgIpc) is 2.40. The van der Waals surface area contributed by atoms with E-state index in [1.807, 2.05) is 0 Å². The van der Waals surface area contributed by atoms with Crippen molar-refractivity contribution in [3.8, 4) is 0 Å². The highest BCUT2D eigenvalue weighted by Gasteiger charge is 2.17. The van der Waals surface area contributed by atoms with Crippen LogP contribution in [0.5, 0.6) is 0 Å². The summed E-state index contributed by atoms with van der Waals surface area (Å²) in [5.74, 6) is 0. The van der Waals surface area contributed by atoms with Gasteiger partial charge in [-0.15, -0.1) is 0 Å². The first kappa shape index (κ1) is 16.1. The van der Waals surface area contributed by atoms with Crippen LogP contribution >= 0.6 is 22.3 Å². The monoisotopic (exact) mass is 365 g/mol. The zero-order valence-corrected chi connectivity index (χ0v) is 13.5. The Labute approximate surface area is 132 Å². The van der Waals surface area contributed by atoms with Gasteiger partial charge >= 0.3 is 0 Å². The summed E-state index contributed by atoms with van der Waals surface area (Å²) in [6.07, 6.45) is 0. The molecule has 0 atom stereocenters. The molecule has 21 heavy (non-hydrogen) atoms. The summed E-state index contributed by atoms with van der Waals surface area (Å²) in [5, 5.41) is 0.251. The molecule has 0 heterocycles. The Morgan fingerprint density at radius 1 is 0.810 bits per heavy atom. The van der Waals surface area contributed by atoms with E-state index in [2.05, 4.69) is 4.72 Å². The summed E-state index contributed by atoms with van der Waals surface area (Å²) >= 11 is 5.88. The quantitative estimate of drug-likeness (QED) is 0.844. The summed E-state index contributed by atoms with van der Waals surface area (Å²) in [6.45, 7) is 0. The molecule has 5 nitrogen and oxygen atoms in total. The zero-order chi connectivity index (χ0) is 15.7. The molecule has 0 unspecified atom stereocenters. The third-order valence-corrected chi connectivity index (χ3v) is 5.61. The van der Waals surface area contributed by atoms with Gasteiger partial charge in [-0.2, -0.15) is 0 Å². The first-order valence-corrected chi connectivity index (χ1v) is 9.69. The van der Waals surface area contributed by atoms with Crippen LogP contribution in [0.3, 0.4) is 0 Å². The van der Waals surface area contributed by atoms with Gasteiger partial charge in [-0.25, -0.2) is 16.8 Å². The second kappa shape index (κ2) is 5.84. The van der Waals surface area contributed by atoms with Crippen molar-refractivity contribution in [1.29, 1.82) is 0 Å². The van der Waals surface area contributed by atoms with E-state index in [1.165, 1.54) is 6.07 Å². The van der Waals surface area contributed by atoms with Crippen LogP contribution in [0.4, 0.5) is 5.69 Å². The fraction of sp³-hybridized carbons (Fsp3) is 0. The molecule has 0 radical (unpaired) electrons. The van der Waals surface area contributed by atoms with Crippen molar-refractivity contribution in [3.63, 3.8) is 0 Å². The lowest BCUT2D eigenvalue weighted by Gasteiger charge is -2.09. The maximum Gasteiger partial charge on any atom is 0.261 e. The number of benzene rings is 2. The van der Waals surface area contributed by atoms with Gasteiger partial charge in [-0.05, 0) is 36.4 Å². The van der Waals surface area contributed by atoms with Gasteiger partial charge < -0.3 is 0 Å². The molecular formula is C12H9Cl2NO4S2. The fourth-order valence-electron chi connectivity index (χ4n) is 1.53. The smallest absolute Gasteiger partial charge is 0.261 e. The van der Waals surface area contributed by atoms with Crippen LogP contribution in [0, 0.1) is 0 Å². The summed E-state index contributed by atoms with van der Waals surface area (Å²) in [6, 6.07) is 10.9. The van der Waals surface area contributed by atoms with Crippen LogP contribution in [0.2, 0.25) is 5.02 Å². The predicted molar refractivity (Wildman–Crippen MR) is 81.7 cm³/mol. The molecule has 0 saturated heterocycles. The van der Waals surface area contributed by atoms with Gasteiger partial charge in [0.1, 0.15) is 0 Å². The van der Waals surface area contributed by atoms with E-state index in [1.54, 1.807) is 18.2 Å². The summed E-state index contributed by atoms with van der Waals surface area (Å²) < 4.78 is 48.9. The highest BCUT2D eigenvalue weighted by atomic mass is 35.7. The van der Waals surface area contributed by atoms with E-state index in [0.717, 1.165) is 24.3 Å². The Morgan fingerprint density at radius 3 is 1.86 bits per heavy atom. The lowest BCUT2D eigenvalue weighted by atomic mass is 10.3. The van der Waals surface area contributed by atoms with Gasteiger partial charge in [0, 0.05) is 10.7 Å².